The zero-order chi connectivity index (χ0) is 28.2. The average molecular weight is 539 g/mol. The Bertz CT molecular complexity index is 1590. The number of pyridine rings is 2. The van der Waals surface area contributed by atoms with Crippen molar-refractivity contribution in [2.45, 2.75) is 33.9 Å². The summed E-state index contributed by atoms with van der Waals surface area (Å²) in [5, 5.41) is 0. The Morgan fingerprint density at radius 3 is 1.51 bits per heavy atom. The molecule has 0 radical (unpaired) electrons. The second-order valence-corrected chi connectivity index (χ2v) is 11.3. The molecule has 0 unspecified atom stereocenters. The third-order valence-electron chi connectivity index (χ3n) is 8.44. The van der Waals surface area contributed by atoms with Gasteiger partial charge in [-0.05, 0) is 96.1 Å². The van der Waals surface area contributed by atoms with Crippen molar-refractivity contribution in [3.63, 3.8) is 0 Å². The molecule has 2 aromatic heterocycles. The van der Waals surface area contributed by atoms with E-state index in [4.69, 9.17) is 0 Å². The highest BCUT2D eigenvalue weighted by Crippen LogP contribution is 2.26. The summed E-state index contributed by atoms with van der Waals surface area (Å²) in [7, 11) is 0. The first-order chi connectivity index (χ1) is 20.0. The zero-order valence-electron chi connectivity index (χ0n) is 24.3. The third-order valence-corrected chi connectivity index (χ3v) is 8.44. The number of aromatic nitrogens is 2. The predicted octanol–water partition coefficient (Wildman–Crippen LogP) is 7.72. The second kappa shape index (κ2) is 12.2. The summed E-state index contributed by atoms with van der Waals surface area (Å²) < 4.78 is 0. The summed E-state index contributed by atoms with van der Waals surface area (Å²) >= 11 is 0. The number of aryl methyl sites for hydroxylation is 2. The van der Waals surface area contributed by atoms with Crippen LogP contribution in [0.5, 0.6) is 0 Å². The molecule has 5 aromatic rings. The minimum atomic E-state index is 0.955. The highest BCUT2D eigenvalue weighted by molar-refractivity contribution is 5.69. The Kier molecular flexibility index (Phi) is 8.04. The molecule has 4 heteroatoms. The second-order valence-electron chi connectivity index (χ2n) is 11.3. The van der Waals surface area contributed by atoms with Crippen molar-refractivity contribution in [3.05, 3.63) is 131 Å². The quantitative estimate of drug-likeness (QED) is 0.212. The van der Waals surface area contributed by atoms with Gasteiger partial charge in [0.05, 0.1) is 11.4 Å². The van der Waals surface area contributed by atoms with Crippen LogP contribution in [0.4, 0.5) is 0 Å². The monoisotopic (exact) mass is 538 g/mol. The zero-order valence-corrected chi connectivity index (χ0v) is 24.3. The van der Waals surface area contributed by atoms with E-state index in [2.05, 4.69) is 132 Å². The molecule has 1 aliphatic heterocycles. The van der Waals surface area contributed by atoms with E-state index in [9.17, 15) is 0 Å². The van der Waals surface area contributed by atoms with Crippen LogP contribution < -0.4 is 0 Å². The Hall–Kier alpha value is -4.12. The molecule has 0 aliphatic carbocycles. The average Bonchev–Trinajstić information content (AvgIpc) is 3.01. The first kappa shape index (κ1) is 27.1. The van der Waals surface area contributed by atoms with E-state index in [0.29, 0.717) is 0 Å². The summed E-state index contributed by atoms with van der Waals surface area (Å²) in [6.07, 6.45) is 3.91. The minimum absolute atomic E-state index is 0.955. The van der Waals surface area contributed by atoms with E-state index >= 15 is 0 Å². The molecule has 0 N–H and O–H groups in total. The fourth-order valence-corrected chi connectivity index (χ4v) is 5.73. The maximum absolute atomic E-state index is 4.69. The summed E-state index contributed by atoms with van der Waals surface area (Å²) in [5.41, 5.74) is 13.6. The maximum atomic E-state index is 4.69. The normalized spacial score (nSPS) is 14.3. The molecule has 3 heterocycles. The lowest BCUT2D eigenvalue weighted by Crippen LogP contribution is -2.45. The minimum Gasteiger partial charge on any atom is -0.297 e. The van der Waals surface area contributed by atoms with Gasteiger partial charge in [0.25, 0.3) is 0 Å². The van der Waals surface area contributed by atoms with Crippen LogP contribution in [0.2, 0.25) is 0 Å². The van der Waals surface area contributed by atoms with Gasteiger partial charge in [-0.3, -0.25) is 19.8 Å². The standard InChI is InChI=1S/C37H38N4/c1-27-21-35(22-28(2)29(27)3)37-24-31(14-16-39-37)26-41-19-17-40(18-20-41)25-30-13-15-38-36(23-30)34-11-9-33(10-12-34)32-7-5-4-6-8-32/h4-16,21-24H,17-20,25-26H2,1-3H3. The van der Waals surface area contributed by atoms with E-state index in [1.165, 1.54) is 44.5 Å². The molecule has 1 fully saturated rings. The van der Waals surface area contributed by atoms with Crippen LogP contribution in [0.3, 0.4) is 0 Å². The lowest BCUT2D eigenvalue weighted by atomic mass is 9.98. The summed E-state index contributed by atoms with van der Waals surface area (Å²) in [6, 6.07) is 32.6. The Balaban J connectivity index is 1.05. The number of nitrogens with zero attached hydrogens (tertiary/aromatic N) is 4. The molecule has 0 bridgehead atoms. The molecule has 41 heavy (non-hydrogen) atoms. The van der Waals surface area contributed by atoms with Gasteiger partial charge in [0.1, 0.15) is 0 Å². The molecule has 0 spiro atoms. The fourth-order valence-electron chi connectivity index (χ4n) is 5.73. The van der Waals surface area contributed by atoms with Gasteiger partial charge in [-0.25, -0.2) is 0 Å². The smallest absolute Gasteiger partial charge is 0.0705 e. The molecular formula is C37H38N4. The predicted molar refractivity (Wildman–Crippen MR) is 170 cm³/mol. The van der Waals surface area contributed by atoms with Crippen LogP contribution in [0, 0.1) is 20.8 Å². The lowest BCUT2D eigenvalue weighted by molar-refractivity contribution is 0.122. The van der Waals surface area contributed by atoms with Crippen molar-refractivity contribution in [2.24, 2.45) is 0 Å². The van der Waals surface area contributed by atoms with Gasteiger partial charge in [-0.1, -0.05) is 54.6 Å². The van der Waals surface area contributed by atoms with E-state index in [1.54, 1.807) is 0 Å². The highest BCUT2D eigenvalue weighted by atomic mass is 15.3. The van der Waals surface area contributed by atoms with Gasteiger partial charge in [0.2, 0.25) is 0 Å². The molecule has 0 atom stereocenters. The largest absolute Gasteiger partial charge is 0.297 e. The van der Waals surface area contributed by atoms with Gasteiger partial charge in [0, 0.05) is 62.8 Å². The topological polar surface area (TPSA) is 32.3 Å². The molecule has 1 saturated heterocycles. The van der Waals surface area contributed by atoms with Gasteiger partial charge in [-0.2, -0.15) is 0 Å². The van der Waals surface area contributed by atoms with Crippen LogP contribution in [0.25, 0.3) is 33.6 Å². The number of benzene rings is 3. The molecule has 1 aliphatic rings. The summed E-state index contributed by atoms with van der Waals surface area (Å²) in [4.78, 5) is 14.5. The van der Waals surface area contributed by atoms with Gasteiger partial charge < -0.3 is 0 Å². The van der Waals surface area contributed by atoms with Crippen LogP contribution in [0.15, 0.2) is 103 Å². The number of rotatable bonds is 7. The van der Waals surface area contributed by atoms with Crippen molar-refractivity contribution in [1.82, 2.24) is 19.8 Å². The number of piperazine rings is 1. The van der Waals surface area contributed by atoms with Crippen LogP contribution in [-0.4, -0.2) is 45.9 Å². The third kappa shape index (κ3) is 6.45. The van der Waals surface area contributed by atoms with Crippen LogP contribution >= 0.6 is 0 Å². The number of hydrogen-bond acceptors (Lipinski definition) is 4. The van der Waals surface area contributed by atoms with E-state index in [-0.39, 0.29) is 0 Å². The molecule has 4 nitrogen and oxygen atoms in total. The van der Waals surface area contributed by atoms with Gasteiger partial charge in [-0.15, -0.1) is 0 Å². The molecule has 0 amide bonds. The summed E-state index contributed by atoms with van der Waals surface area (Å²) in [5.74, 6) is 0. The van der Waals surface area contributed by atoms with E-state index in [0.717, 1.165) is 56.2 Å². The molecule has 6 rings (SSSR count). The molecule has 0 saturated carbocycles. The van der Waals surface area contributed by atoms with Crippen molar-refractivity contribution < 1.29 is 0 Å². The van der Waals surface area contributed by atoms with E-state index in [1.807, 2.05) is 12.4 Å². The fraction of sp³-hybridized carbons (Fsp3) is 0.243. The van der Waals surface area contributed by atoms with Crippen molar-refractivity contribution >= 4 is 0 Å². The molecular weight excluding hydrogens is 500 g/mol. The van der Waals surface area contributed by atoms with E-state index < -0.39 is 0 Å². The Labute approximate surface area is 244 Å². The molecule has 206 valence electrons. The molecule has 3 aromatic carbocycles. The highest BCUT2D eigenvalue weighted by Gasteiger charge is 2.18. The summed E-state index contributed by atoms with van der Waals surface area (Å²) in [6.45, 7) is 12.8. The number of hydrogen-bond donors (Lipinski definition) is 0. The SMILES string of the molecule is Cc1cc(-c2cc(CN3CCN(Cc4ccnc(-c5ccc(-c6ccccc6)cc5)c4)CC3)ccn2)cc(C)c1C. The van der Waals surface area contributed by atoms with Crippen LogP contribution in [0.1, 0.15) is 27.8 Å². The van der Waals surface area contributed by atoms with Crippen molar-refractivity contribution in [1.29, 1.82) is 0 Å². The van der Waals surface area contributed by atoms with Crippen LogP contribution in [-0.2, 0) is 13.1 Å². The van der Waals surface area contributed by atoms with Gasteiger partial charge in [0.15, 0.2) is 0 Å². The Morgan fingerprint density at radius 1 is 0.512 bits per heavy atom. The van der Waals surface area contributed by atoms with Crippen molar-refractivity contribution in [2.75, 3.05) is 26.2 Å². The first-order valence-electron chi connectivity index (χ1n) is 14.6. The lowest BCUT2D eigenvalue weighted by Gasteiger charge is -2.34. The maximum Gasteiger partial charge on any atom is 0.0705 e. The van der Waals surface area contributed by atoms with Crippen molar-refractivity contribution in [3.8, 4) is 33.6 Å². The van der Waals surface area contributed by atoms with Gasteiger partial charge >= 0.3 is 0 Å². The Morgan fingerprint density at radius 2 is 0.976 bits per heavy atom. The first-order valence-corrected chi connectivity index (χ1v) is 14.6.